The maximum atomic E-state index is 12.0. The van der Waals surface area contributed by atoms with E-state index in [2.05, 4.69) is 16.4 Å². The van der Waals surface area contributed by atoms with Crippen LogP contribution in [0.2, 0.25) is 0 Å². The second-order valence-electron chi connectivity index (χ2n) is 6.25. The molecule has 1 aliphatic heterocycles. The van der Waals surface area contributed by atoms with Crippen LogP contribution in [0.25, 0.3) is 0 Å². The highest BCUT2D eigenvalue weighted by molar-refractivity contribution is 5.76. The lowest BCUT2D eigenvalue weighted by atomic mass is 10.1. The minimum Gasteiger partial charge on any atom is -0.378 e. The van der Waals surface area contributed by atoms with Crippen LogP contribution in [0.3, 0.4) is 0 Å². The lowest BCUT2D eigenvalue weighted by Gasteiger charge is -2.26. The SMILES string of the molecule is CC(C)(C#N)Nc1ccc(CCCC(=O)N2CCOCC2)nc1. The number of nitrogens with one attached hydrogen (secondary N) is 1. The molecule has 1 saturated heterocycles. The molecule has 0 radical (unpaired) electrons. The van der Waals surface area contributed by atoms with Gasteiger partial charge in [0.05, 0.1) is 31.2 Å². The van der Waals surface area contributed by atoms with E-state index in [9.17, 15) is 4.79 Å². The quantitative estimate of drug-likeness (QED) is 0.868. The first-order valence-electron chi connectivity index (χ1n) is 8.00. The third-order valence-electron chi connectivity index (χ3n) is 3.75. The molecule has 0 bridgehead atoms. The highest BCUT2D eigenvalue weighted by Crippen LogP contribution is 2.14. The second-order valence-corrected chi connectivity index (χ2v) is 6.25. The number of aryl methyl sites for hydroxylation is 1. The van der Waals surface area contributed by atoms with Gasteiger partial charge < -0.3 is 15.0 Å². The van der Waals surface area contributed by atoms with Gasteiger partial charge in [-0.15, -0.1) is 0 Å². The Balaban J connectivity index is 1.76. The van der Waals surface area contributed by atoms with Crippen LogP contribution in [0.15, 0.2) is 18.3 Å². The maximum absolute atomic E-state index is 12.0. The summed E-state index contributed by atoms with van der Waals surface area (Å²) in [4.78, 5) is 18.3. The van der Waals surface area contributed by atoms with E-state index in [-0.39, 0.29) is 5.91 Å². The Kier molecular flexibility index (Phi) is 5.94. The summed E-state index contributed by atoms with van der Waals surface area (Å²) in [6.45, 7) is 6.32. The summed E-state index contributed by atoms with van der Waals surface area (Å²) < 4.78 is 5.25. The monoisotopic (exact) mass is 316 g/mol. The molecule has 0 aliphatic carbocycles. The number of pyridine rings is 1. The highest BCUT2D eigenvalue weighted by Gasteiger charge is 2.17. The number of nitriles is 1. The van der Waals surface area contributed by atoms with Crippen molar-refractivity contribution in [3.8, 4) is 6.07 Å². The highest BCUT2D eigenvalue weighted by atomic mass is 16.5. The molecule has 1 fully saturated rings. The zero-order chi connectivity index (χ0) is 16.7. The van der Waals surface area contributed by atoms with E-state index in [4.69, 9.17) is 10.00 Å². The first-order valence-corrected chi connectivity index (χ1v) is 8.00. The number of morpholine rings is 1. The molecule has 2 heterocycles. The minimum atomic E-state index is -0.617. The van der Waals surface area contributed by atoms with Gasteiger partial charge in [-0.3, -0.25) is 9.78 Å². The Morgan fingerprint density at radius 1 is 1.43 bits per heavy atom. The van der Waals surface area contributed by atoms with Gasteiger partial charge in [0.1, 0.15) is 5.54 Å². The van der Waals surface area contributed by atoms with Crippen molar-refractivity contribution < 1.29 is 9.53 Å². The van der Waals surface area contributed by atoms with Crippen molar-refractivity contribution in [1.29, 1.82) is 5.26 Å². The van der Waals surface area contributed by atoms with Gasteiger partial charge in [0.25, 0.3) is 0 Å². The third kappa shape index (κ3) is 5.53. The maximum Gasteiger partial charge on any atom is 0.222 e. The zero-order valence-corrected chi connectivity index (χ0v) is 13.8. The molecule has 6 nitrogen and oxygen atoms in total. The van der Waals surface area contributed by atoms with Crippen LogP contribution in [-0.2, 0) is 16.0 Å². The molecule has 0 unspecified atom stereocenters. The molecule has 1 N–H and O–H groups in total. The summed E-state index contributed by atoms with van der Waals surface area (Å²) in [5.41, 5.74) is 1.16. The number of ether oxygens (including phenoxy) is 1. The summed E-state index contributed by atoms with van der Waals surface area (Å²) >= 11 is 0. The van der Waals surface area contributed by atoms with Crippen LogP contribution in [0.4, 0.5) is 5.69 Å². The number of amides is 1. The Hall–Kier alpha value is -2.13. The van der Waals surface area contributed by atoms with Crippen molar-refractivity contribution in [2.75, 3.05) is 31.6 Å². The van der Waals surface area contributed by atoms with Gasteiger partial charge in [0.15, 0.2) is 0 Å². The van der Waals surface area contributed by atoms with Crippen LogP contribution in [-0.4, -0.2) is 47.6 Å². The first kappa shape index (κ1) is 17.2. The molecule has 23 heavy (non-hydrogen) atoms. The van der Waals surface area contributed by atoms with E-state index < -0.39 is 5.54 Å². The first-order chi connectivity index (χ1) is 11.0. The fraction of sp³-hybridized carbons (Fsp3) is 0.588. The molecule has 0 saturated carbocycles. The van der Waals surface area contributed by atoms with Gasteiger partial charge >= 0.3 is 0 Å². The lowest BCUT2D eigenvalue weighted by Crippen LogP contribution is -2.40. The smallest absolute Gasteiger partial charge is 0.222 e. The Morgan fingerprint density at radius 3 is 2.78 bits per heavy atom. The summed E-state index contributed by atoms with van der Waals surface area (Å²) in [5.74, 6) is 0.197. The molecule has 0 atom stereocenters. The van der Waals surface area contributed by atoms with Gasteiger partial charge in [-0.25, -0.2) is 0 Å². The number of anilines is 1. The minimum absolute atomic E-state index is 0.197. The summed E-state index contributed by atoms with van der Waals surface area (Å²) in [7, 11) is 0. The average Bonchev–Trinajstić information content (AvgIpc) is 2.57. The number of carbonyl (C=O) groups excluding carboxylic acids is 1. The van der Waals surface area contributed by atoms with E-state index in [0.717, 1.165) is 24.2 Å². The second kappa shape index (κ2) is 7.93. The molecule has 124 valence electrons. The molecule has 1 amide bonds. The third-order valence-corrected chi connectivity index (χ3v) is 3.75. The van der Waals surface area contributed by atoms with Gasteiger partial charge in [-0.05, 0) is 38.8 Å². The van der Waals surface area contributed by atoms with Crippen molar-refractivity contribution in [1.82, 2.24) is 9.88 Å². The number of rotatable bonds is 6. The summed E-state index contributed by atoms with van der Waals surface area (Å²) in [6.07, 6.45) is 3.85. The number of aromatic nitrogens is 1. The van der Waals surface area contributed by atoms with Gasteiger partial charge in [-0.1, -0.05) is 0 Å². The molecular weight excluding hydrogens is 292 g/mol. The normalized spacial score (nSPS) is 15.1. The number of carbonyl (C=O) groups is 1. The predicted molar refractivity (Wildman–Crippen MR) is 87.9 cm³/mol. The van der Waals surface area contributed by atoms with E-state index in [1.54, 1.807) is 6.20 Å². The number of hydrogen-bond acceptors (Lipinski definition) is 5. The van der Waals surface area contributed by atoms with Crippen molar-refractivity contribution in [3.05, 3.63) is 24.0 Å². The van der Waals surface area contributed by atoms with E-state index in [1.807, 2.05) is 30.9 Å². The van der Waals surface area contributed by atoms with E-state index in [0.29, 0.717) is 32.7 Å². The fourth-order valence-corrected chi connectivity index (χ4v) is 2.43. The molecule has 0 aromatic carbocycles. The average molecular weight is 316 g/mol. The largest absolute Gasteiger partial charge is 0.378 e. The van der Waals surface area contributed by atoms with Crippen LogP contribution < -0.4 is 5.32 Å². The van der Waals surface area contributed by atoms with Crippen molar-refractivity contribution >= 4 is 11.6 Å². The standard InChI is InChI=1S/C17H24N4O2/c1-17(2,13-18)20-15-7-6-14(19-12-15)4-3-5-16(22)21-8-10-23-11-9-21/h6-7,12,20H,3-5,8-11H2,1-2H3. The molecule has 1 aromatic rings. The van der Waals surface area contributed by atoms with Gasteiger partial charge in [0.2, 0.25) is 5.91 Å². The van der Waals surface area contributed by atoms with Crippen LogP contribution in [0, 0.1) is 11.3 Å². The van der Waals surface area contributed by atoms with Crippen LogP contribution in [0.1, 0.15) is 32.4 Å². The predicted octanol–water partition coefficient (Wildman–Crippen LogP) is 1.98. The molecule has 1 aromatic heterocycles. The van der Waals surface area contributed by atoms with Crippen LogP contribution >= 0.6 is 0 Å². The van der Waals surface area contributed by atoms with Crippen LogP contribution in [0.5, 0.6) is 0 Å². The summed E-state index contributed by atoms with van der Waals surface area (Å²) in [5, 5.41) is 12.1. The molecule has 2 rings (SSSR count). The molecule has 1 aliphatic rings. The van der Waals surface area contributed by atoms with Crippen molar-refractivity contribution in [3.63, 3.8) is 0 Å². The van der Waals surface area contributed by atoms with E-state index in [1.165, 1.54) is 0 Å². The summed E-state index contributed by atoms with van der Waals surface area (Å²) in [6, 6.07) is 6.05. The number of nitrogens with zero attached hydrogens (tertiary/aromatic N) is 3. The molecule has 0 spiro atoms. The van der Waals surface area contributed by atoms with Crippen molar-refractivity contribution in [2.24, 2.45) is 0 Å². The topological polar surface area (TPSA) is 78.2 Å². The number of hydrogen-bond donors (Lipinski definition) is 1. The van der Waals surface area contributed by atoms with Crippen molar-refractivity contribution in [2.45, 2.75) is 38.6 Å². The fourth-order valence-electron chi connectivity index (χ4n) is 2.43. The molecular formula is C17H24N4O2. The van der Waals surface area contributed by atoms with Gasteiger partial charge in [0, 0.05) is 25.2 Å². The van der Waals surface area contributed by atoms with Gasteiger partial charge in [-0.2, -0.15) is 5.26 Å². The zero-order valence-electron chi connectivity index (χ0n) is 13.8. The Labute approximate surface area is 137 Å². The molecule has 6 heteroatoms. The Morgan fingerprint density at radius 2 is 2.17 bits per heavy atom. The van der Waals surface area contributed by atoms with E-state index >= 15 is 0 Å². The Bertz CT molecular complexity index is 557. The lowest BCUT2D eigenvalue weighted by molar-refractivity contribution is -0.135.